The maximum absolute atomic E-state index is 12.6. The van der Waals surface area contributed by atoms with E-state index < -0.39 is 9.84 Å². The fourth-order valence-electron chi connectivity index (χ4n) is 3.79. The first-order chi connectivity index (χ1) is 16.9. The van der Waals surface area contributed by atoms with E-state index in [1.165, 1.54) is 13.4 Å². The predicted molar refractivity (Wildman–Crippen MR) is 142 cm³/mol. The topological polar surface area (TPSA) is 74.1 Å². The first kappa shape index (κ1) is 24.9. The summed E-state index contributed by atoms with van der Waals surface area (Å²) in [5.74, 6) is 1.69. The van der Waals surface area contributed by atoms with E-state index in [9.17, 15) is 8.42 Å². The van der Waals surface area contributed by atoms with Crippen LogP contribution in [0, 0.1) is 0 Å². The van der Waals surface area contributed by atoms with Crippen LogP contribution in [-0.2, 0) is 22.7 Å². The Kier molecular flexibility index (Phi) is 7.83. The smallest absolute Gasteiger partial charge is 0.177 e. The summed E-state index contributed by atoms with van der Waals surface area (Å²) in [5, 5.41) is 4.75. The molecule has 4 rings (SSSR count). The summed E-state index contributed by atoms with van der Waals surface area (Å²) in [4.78, 5) is 4.96. The van der Waals surface area contributed by atoms with Crippen molar-refractivity contribution in [3.05, 3.63) is 106 Å². The van der Waals surface area contributed by atoms with Crippen molar-refractivity contribution in [3.63, 3.8) is 0 Å². The van der Waals surface area contributed by atoms with Crippen LogP contribution < -0.4 is 4.74 Å². The number of allylic oxidation sites excluding steroid dienone is 1. The van der Waals surface area contributed by atoms with Gasteiger partial charge in [0.2, 0.25) is 0 Å². The Hall–Kier alpha value is -3.23. The zero-order valence-corrected chi connectivity index (χ0v) is 22.0. The van der Waals surface area contributed by atoms with Gasteiger partial charge in [-0.25, -0.2) is 18.1 Å². The van der Waals surface area contributed by atoms with E-state index in [1.54, 1.807) is 22.9 Å². The molecule has 0 fully saturated rings. The molecule has 0 spiro atoms. The Labute approximate surface area is 214 Å². The highest BCUT2D eigenvalue weighted by Gasteiger charge is 2.23. The largest absolute Gasteiger partial charge is 0.494 e. The second kappa shape index (κ2) is 11.0. The Morgan fingerprint density at radius 3 is 2.46 bits per heavy atom. The van der Waals surface area contributed by atoms with Gasteiger partial charge in [-0.15, -0.1) is 0 Å². The fourth-order valence-corrected chi connectivity index (χ4v) is 5.08. The lowest BCUT2D eigenvalue weighted by Gasteiger charge is -2.14. The molecule has 3 aromatic carbocycles. The third-order valence-corrected chi connectivity index (χ3v) is 7.36. The normalized spacial score (nSPS) is 11.7. The summed E-state index contributed by atoms with van der Waals surface area (Å²) in [6.07, 6.45) is 7.13. The molecule has 0 saturated heterocycles. The van der Waals surface area contributed by atoms with Gasteiger partial charge in [-0.05, 0) is 35.7 Å². The van der Waals surface area contributed by atoms with Gasteiger partial charge < -0.3 is 4.74 Å². The Morgan fingerprint density at radius 1 is 1.00 bits per heavy atom. The van der Waals surface area contributed by atoms with Crippen molar-refractivity contribution in [2.24, 2.45) is 0 Å². The Morgan fingerprint density at radius 2 is 1.74 bits per heavy atom. The van der Waals surface area contributed by atoms with Gasteiger partial charge in [0, 0.05) is 23.6 Å². The number of benzene rings is 3. The van der Waals surface area contributed by atoms with E-state index in [1.807, 2.05) is 54.6 Å². The molecule has 6 nitrogen and oxygen atoms in total. The quantitative estimate of drug-likeness (QED) is 0.267. The highest BCUT2D eigenvalue weighted by molar-refractivity contribution is 9.10. The SMILES string of the molecule is COc1cccc(S(C)(=O)=O)c1-n1nc(Cc2ccccc2Br)nc1CC/C=C/c1ccccc1. The summed E-state index contributed by atoms with van der Waals surface area (Å²) in [7, 11) is -2.02. The summed E-state index contributed by atoms with van der Waals surface area (Å²) in [5.41, 5.74) is 2.54. The van der Waals surface area contributed by atoms with Crippen molar-refractivity contribution in [1.29, 1.82) is 0 Å². The minimum absolute atomic E-state index is 0.148. The van der Waals surface area contributed by atoms with Gasteiger partial charge in [-0.3, -0.25) is 0 Å². The number of sulfone groups is 1. The van der Waals surface area contributed by atoms with E-state index in [2.05, 4.69) is 28.1 Å². The summed E-state index contributed by atoms with van der Waals surface area (Å²) in [6, 6.07) is 23.0. The predicted octanol–water partition coefficient (Wildman–Crippen LogP) is 5.68. The Bertz CT molecular complexity index is 1450. The monoisotopic (exact) mass is 551 g/mol. The first-order valence-corrected chi connectivity index (χ1v) is 13.8. The van der Waals surface area contributed by atoms with E-state index in [4.69, 9.17) is 14.8 Å². The summed E-state index contributed by atoms with van der Waals surface area (Å²) in [6.45, 7) is 0. The molecular formula is C27H26BrN3O3S. The number of halogens is 1. The number of hydrogen-bond donors (Lipinski definition) is 0. The maximum atomic E-state index is 12.6. The number of rotatable bonds is 9. The van der Waals surface area contributed by atoms with Crippen LogP contribution in [-0.4, -0.2) is 36.5 Å². The molecule has 0 saturated carbocycles. The molecule has 180 valence electrons. The van der Waals surface area contributed by atoms with Gasteiger partial charge in [0.15, 0.2) is 15.7 Å². The molecule has 35 heavy (non-hydrogen) atoms. The average molecular weight is 552 g/mol. The van der Waals surface area contributed by atoms with Crippen molar-refractivity contribution < 1.29 is 13.2 Å². The molecule has 4 aromatic rings. The molecule has 0 atom stereocenters. The van der Waals surface area contributed by atoms with Gasteiger partial charge in [0.25, 0.3) is 0 Å². The summed E-state index contributed by atoms with van der Waals surface area (Å²) < 4.78 is 33.4. The van der Waals surface area contributed by atoms with E-state index >= 15 is 0 Å². The molecular weight excluding hydrogens is 526 g/mol. The van der Waals surface area contributed by atoms with E-state index in [0.717, 1.165) is 15.6 Å². The molecule has 0 aliphatic heterocycles. The Balaban J connectivity index is 1.75. The van der Waals surface area contributed by atoms with Crippen LogP contribution in [0.25, 0.3) is 11.8 Å². The maximum Gasteiger partial charge on any atom is 0.177 e. The highest BCUT2D eigenvalue weighted by atomic mass is 79.9. The second-order valence-corrected chi connectivity index (χ2v) is 10.9. The van der Waals surface area contributed by atoms with Crippen LogP contribution in [0.5, 0.6) is 5.75 Å². The van der Waals surface area contributed by atoms with Crippen LogP contribution in [0.3, 0.4) is 0 Å². The molecule has 1 heterocycles. The molecule has 8 heteroatoms. The number of aryl methyl sites for hydroxylation is 1. The molecule has 0 radical (unpaired) electrons. The molecule has 0 unspecified atom stereocenters. The molecule has 0 amide bonds. The lowest BCUT2D eigenvalue weighted by Crippen LogP contribution is -2.11. The van der Waals surface area contributed by atoms with Gasteiger partial charge in [0.1, 0.15) is 17.3 Å². The number of methoxy groups -OCH3 is 1. The lowest BCUT2D eigenvalue weighted by atomic mass is 10.1. The zero-order valence-electron chi connectivity index (χ0n) is 19.6. The van der Waals surface area contributed by atoms with Crippen molar-refractivity contribution >= 4 is 31.8 Å². The average Bonchev–Trinajstić information content (AvgIpc) is 3.25. The number of aromatic nitrogens is 3. The van der Waals surface area contributed by atoms with Crippen LogP contribution >= 0.6 is 15.9 Å². The summed E-state index contributed by atoms with van der Waals surface area (Å²) >= 11 is 3.59. The standard InChI is InChI=1S/C27H26BrN3O3S/c1-34-23-16-10-17-24(35(2,32)33)27(23)31-26(18-9-6-13-20-11-4-3-5-12-20)29-25(30-31)19-21-14-7-8-15-22(21)28/h3-8,10-17H,9,18-19H2,1-2H3/b13-6+. The minimum Gasteiger partial charge on any atom is -0.494 e. The third kappa shape index (κ3) is 6.07. The number of hydrogen-bond acceptors (Lipinski definition) is 5. The van der Waals surface area contributed by atoms with Crippen molar-refractivity contribution in [2.45, 2.75) is 24.2 Å². The zero-order chi connectivity index (χ0) is 24.8. The minimum atomic E-state index is -3.54. The fraction of sp³-hybridized carbons (Fsp3) is 0.185. The first-order valence-electron chi connectivity index (χ1n) is 11.1. The van der Waals surface area contributed by atoms with Crippen LogP contribution in [0.2, 0.25) is 0 Å². The van der Waals surface area contributed by atoms with Crippen molar-refractivity contribution in [1.82, 2.24) is 14.8 Å². The lowest BCUT2D eigenvalue weighted by molar-refractivity contribution is 0.409. The second-order valence-electron chi connectivity index (χ2n) is 8.06. The van der Waals surface area contributed by atoms with E-state index in [0.29, 0.717) is 42.3 Å². The van der Waals surface area contributed by atoms with Crippen LogP contribution in [0.15, 0.2) is 88.2 Å². The van der Waals surface area contributed by atoms with Crippen LogP contribution in [0.1, 0.15) is 29.2 Å². The van der Waals surface area contributed by atoms with Gasteiger partial charge in [-0.2, -0.15) is 5.10 Å². The molecule has 0 bridgehead atoms. The van der Waals surface area contributed by atoms with Gasteiger partial charge in [0.05, 0.1) is 12.0 Å². The van der Waals surface area contributed by atoms with Gasteiger partial charge >= 0.3 is 0 Å². The molecule has 0 N–H and O–H groups in total. The molecule has 0 aliphatic rings. The number of nitrogens with zero attached hydrogens (tertiary/aromatic N) is 3. The number of ether oxygens (including phenoxy) is 1. The highest BCUT2D eigenvalue weighted by Crippen LogP contribution is 2.31. The van der Waals surface area contributed by atoms with Crippen LogP contribution in [0.4, 0.5) is 0 Å². The molecule has 1 aromatic heterocycles. The number of para-hydroxylation sites is 1. The van der Waals surface area contributed by atoms with Crippen molar-refractivity contribution in [3.8, 4) is 11.4 Å². The van der Waals surface area contributed by atoms with E-state index in [-0.39, 0.29) is 4.90 Å². The molecule has 0 aliphatic carbocycles. The van der Waals surface area contributed by atoms with Crippen molar-refractivity contribution in [2.75, 3.05) is 13.4 Å². The van der Waals surface area contributed by atoms with Gasteiger partial charge in [-0.1, -0.05) is 82.7 Å². The third-order valence-electron chi connectivity index (χ3n) is 5.46.